The number of halogens is 1. The summed E-state index contributed by atoms with van der Waals surface area (Å²) in [5, 5.41) is 3.17. The van der Waals surface area contributed by atoms with Crippen LogP contribution in [-0.4, -0.2) is 12.8 Å². The third kappa shape index (κ3) is 2.42. The lowest BCUT2D eigenvalue weighted by molar-refractivity contribution is 1.36. The average molecular weight is 246 g/mol. The van der Waals surface area contributed by atoms with E-state index in [2.05, 4.69) is 46.4 Å². The predicted octanol–water partition coefficient (Wildman–Crippen LogP) is 3.60. The van der Waals surface area contributed by atoms with Crippen LogP contribution in [0.1, 0.15) is 6.92 Å². The minimum atomic E-state index is 1.11. The van der Waals surface area contributed by atoms with Gasteiger partial charge in [0.25, 0.3) is 0 Å². The zero-order valence-corrected chi connectivity index (χ0v) is 9.63. The number of rotatable bonds is 3. The second-order valence-electron chi connectivity index (χ2n) is 2.32. The number of hydrogen-bond donors (Lipinski definition) is 1. The molecule has 3 heteroatoms. The van der Waals surface area contributed by atoms with Crippen LogP contribution in [0.3, 0.4) is 0 Å². The molecule has 66 valence electrons. The van der Waals surface area contributed by atoms with Gasteiger partial charge in [0.15, 0.2) is 0 Å². The standard InChI is InChI=1S/C9H12BrNS/c1-3-12-9-5-4-7(10)6-8(9)11-2/h4-6,11H,3H2,1-2H3. The van der Waals surface area contributed by atoms with Gasteiger partial charge in [-0.1, -0.05) is 22.9 Å². The Kier molecular flexibility index (Phi) is 3.95. The molecule has 0 amide bonds. The van der Waals surface area contributed by atoms with Crippen LogP contribution in [0.25, 0.3) is 0 Å². The van der Waals surface area contributed by atoms with Crippen molar-refractivity contribution < 1.29 is 0 Å². The second kappa shape index (κ2) is 4.77. The van der Waals surface area contributed by atoms with Gasteiger partial charge in [0, 0.05) is 22.1 Å². The molecular weight excluding hydrogens is 234 g/mol. The number of anilines is 1. The van der Waals surface area contributed by atoms with Crippen molar-refractivity contribution >= 4 is 33.4 Å². The van der Waals surface area contributed by atoms with Gasteiger partial charge in [0.05, 0.1) is 0 Å². The fraction of sp³-hybridized carbons (Fsp3) is 0.333. The van der Waals surface area contributed by atoms with Crippen molar-refractivity contribution in [2.24, 2.45) is 0 Å². The second-order valence-corrected chi connectivity index (χ2v) is 4.55. The smallest absolute Gasteiger partial charge is 0.0487 e. The van der Waals surface area contributed by atoms with Crippen molar-refractivity contribution in [1.29, 1.82) is 0 Å². The predicted molar refractivity (Wildman–Crippen MR) is 60.1 cm³/mol. The lowest BCUT2D eigenvalue weighted by atomic mass is 10.3. The third-order valence-electron chi connectivity index (χ3n) is 1.51. The van der Waals surface area contributed by atoms with E-state index in [1.807, 2.05) is 18.8 Å². The Morgan fingerprint density at radius 2 is 2.25 bits per heavy atom. The van der Waals surface area contributed by atoms with E-state index in [1.165, 1.54) is 10.6 Å². The Morgan fingerprint density at radius 3 is 2.83 bits per heavy atom. The minimum Gasteiger partial charge on any atom is -0.387 e. The molecule has 0 aliphatic heterocycles. The molecule has 12 heavy (non-hydrogen) atoms. The quantitative estimate of drug-likeness (QED) is 0.818. The first kappa shape index (κ1) is 9.93. The molecule has 0 heterocycles. The summed E-state index contributed by atoms with van der Waals surface area (Å²) in [7, 11) is 1.95. The highest BCUT2D eigenvalue weighted by atomic mass is 79.9. The van der Waals surface area contributed by atoms with E-state index < -0.39 is 0 Å². The van der Waals surface area contributed by atoms with E-state index in [1.54, 1.807) is 0 Å². The summed E-state index contributed by atoms with van der Waals surface area (Å²) in [6, 6.07) is 6.29. The molecule has 1 rings (SSSR count). The molecule has 1 N–H and O–H groups in total. The molecule has 0 aromatic heterocycles. The fourth-order valence-electron chi connectivity index (χ4n) is 0.979. The van der Waals surface area contributed by atoms with Gasteiger partial charge in [0.2, 0.25) is 0 Å². The highest BCUT2D eigenvalue weighted by molar-refractivity contribution is 9.10. The Balaban J connectivity index is 2.94. The molecule has 0 aliphatic rings. The lowest BCUT2D eigenvalue weighted by Crippen LogP contribution is -1.90. The maximum Gasteiger partial charge on any atom is 0.0487 e. The highest BCUT2D eigenvalue weighted by Gasteiger charge is 2.00. The van der Waals surface area contributed by atoms with Crippen LogP contribution in [0.2, 0.25) is 0 Å². The van der Waals surface area contributed by atoms with Crippen LogP contribution in [0.4, 0.5) is 5.69 Å². The van der Waals surface area contributed by atoms with E-state index in [0.717, 1.165) is 10.2 Å². The largest absolute Gasteiger partial charge is 0.387 e. The van der Waals surface area contributed by atoms with Crippen molar-refractivity contribution in [1.82, 2.24) is 0 Å². The molecule has 0 aliphatic carbocycles. The van der Waals surface area contributed by atoms with Crippen LogP contribution in [0.15, 0.2) is 27.6 Å². The van der Waals surface area contributed by atoms with Crippen molar-refractivity contribution in [3.63, 3.8) is 0 Å². The van der Waals surface area contributed by atoms with E-state index in [9.17, 15) is 0 Å². The molecule has 0 spiro atoms. The maximum atomic E-state index is 3.44. The molecule has 0 fully saturated rings. The van der Waals surface area contributed by atoms with Crippen molar-refractivity contribution in [2.45, 2.75) is 11.8 Å². The van der Waals surface area contributed by atoms with E-state index in [-0.39, 0.29) is 0 Å². The maximum absolute atomic E-state index is 3.44. The third-order valence-corrected chi connectivity index (χ3v) is 2.96. The Bertz CT molecular complexity index is 263. The van der Waals surface area contributed by atoms with E-state index in [4.69, 9.17) is 0 Å². The zero-order chi connectivity index (χ0) is 8.97. The van der Waals surface area contributed by atoms with Gasteiger partial charge in [-0.2, -0.15) is 0 Å². The minimum absolute atomic E-state index is 1.11. The first-order valence-corrected chi connectivity index (χ1v) is 5.66. The Morgan fingerprint density at radius 1 is 1.50 bits per heavy atom. The first-order chi connectivity index (χ1) is 5.77. The molecule has 0 unspecified atom stereocenters. The summed E-state index contributed by atoms with van der Waals surface area (Å²) < 4.78 is 1.12. The van der Waals surface area contributed by atoms with Gasteiger partial charge in [0.1, 0.15) is 0 Å². The van der Waals surface area contributed by atoms with Gasteiger partial charge >= 0.3 is 0 Å². The number of nitrogens with one attached hydrogen (secondary N) is 1. The van der Waals surface area contributed by atoms with Crippen LogP contribution in [0.5, 0.6) is 0 Å². The molecule has 0 saturated carbocycles. The molecule has 0 atom stereocenters. The monoisotopic (exact) mass is 245 g/mol. The highest BCUT2D eigenvalue weighted by Crippen LogP contribution is 2.29. The molecule has 1 aromatic rings. The summed E-state index contributed by atoms with van der Waals surface area (Å²) in [4.78, 5) is 1.31. The average Bonchev–Trinajstić information content (AvgIpc) is 2.08. The van der Waals surface area contributed by atoms with Gasteiger partial charge in [-0.15, -0.1) is 11.8 Å². The van der Waals surface area contributed by atoms with Crippen LogP contribution < -0.4 is 5.32 Å². The van der Waals surface area contributed by atoms with Crippen LogP contribution in [0, 0.1) is 0 Å². The van der Waals surface area contributed by atoms with Crippen LogP contribution >= 0.6 is 27.7 Å². The Hall–Kier alpha value is -0.150. The van der Waals surface area contributed by atoms with Gasteiger partial charge in [-0.25, -0.2) is 0 Å². The fourth-order valence-corrected chi connectivity index (χ4v) is 2.13. The first-order valence-electron chi connectivity index (χ1n) is 3.88. The topological polar surface area (TPSA) is 12.0 Å². The molecule has 1 aromatic carbocycles. The molecule has 1 nitrogen and oxygen atoms in total. The summed E-state index contributed by atoms with van der Waals surface area (Å²) in [5.74, 6) is 1.11. The summed E-state index contributed by atoms with van der Waals surface area (Å²) in [6.07, 6.45) is 0. The normalized spacial score (nSPS) is 9.92. The number of hydrogen-bond acceptors (Lipinski definition) is 2. The van der Waals surface area contributed by atoms with E-state index in [0.29, 0.717) is 0 Å². The summed E-state index contributed by atoms with van der Waals surface area (Å²) >= 11 is 5.29. The molecular formula is C9H12BrNS. The molecule has 0 saturated heterocycles. The lowest BCUT2D eigenvalue weighted by Gasteiger charge is -2.07. The van der Waals surface area contributed by atoms with Crippen molar-refractivity contribution in [3.8, 4) is 0 Å². The van der Waals surface area contributed by atoms with Gasteiger partial charge < -0.3 is 5.32 Å². The zero-order valence-electron chi connectivity index (χ0n) is 7.23. The van der Waals surface area contributed by atoms with E-state index >= 15 is 0 Å². The Labute approximate surface area is 86.1 Å². The molecule has 0 radical (unpaired) electrons. The van der Waals surface area contributed by atoms with Gasteiger partial charge in [-0.3, -0.25) is 0 Å². The number of benzene rings is 1. The van der Waals surface area contributed by atoms with Crippen molar-refractivity contribution in [3.05, 3.63) is 22.7 Å². The summed E-state index contributed by atoms with van der Waals surface area (Å²) in [6.45, 7) is 2.16. The van der Waals surface area contributed by atoms with Gasteiger partial charge in [-0.05, 0) is 24.0 Å². The van der Waals surface area contributed by atoms with Crippen LogP contribution in [-0.2, 0) is 0 Å². The SMILES string of the molecule is CCSc1ccc(Br)cc1NC. The summed E-state index contributed by atoms with van der Waals surface area (Å²) in [5.41, 5.74) is 1.19. The molecule has 0 bridgehead atoms. The van der Waals surface area contributed by atoms with Crippen molar-refractivity contribution in [2.75, 3.05) is 18.1 Å². The number of thioether (sulfide) groups is 1.